The average molecular weight is 474 g/mol. The van der Waals surface area contributed by atoms with E-state index in [9.17, 15) is 9.90 Å². The zero-order valence-electron chi connectivity index (χ0n) is 22.6. The van der Waals surface area contributed by atoms with Crippen molar-refractivity contribution in [3.8, 4) is 0 Å². The van der Waals surface area contributed by atoms with Crippen LogP contribution < -0.4 is 5.32 Å². The van der Waals surface area contributed by atoms with Gasteiger partial charge in [-0.25, -0.2) is 0 Å². The molecule has 184 valence electrons. The van der Waals surface area contributed by atoms with Crippen molar-refractivity contribution >= 4 is 22.5 Å². The summed E-state index contributed by atoms with van der Waals surface area (Å²) in [4.78, 5) is 11.9. The van der Waals surface area contributed by atoms with Gasteiger partial charge in [-0.1, -0.05) is 55.4 Å². The second-order valence-electron chi connectivity index (χ2n) is 12.7. The van der Waals surface area contributed by atoms with Gasteiger partial charge in [-0.2, -0.15) is 0 Å². The van der Waals surface area contributed by atoms with Crippen LogP contribution in [0.4, 0.5) is 0 Å². The van der Waals surface area contributed by atoms with Gasteiger partial charge in [-0.3, -0.25) is 4.79 Å². The molecule has 5 atom stereocenters. The second-order valence-corrected chi connectivity index (χ2v) is 22.0. The van der Waals surface area contributed by atoms with Crippen molar-refractivity contribution in [2.75, 3.05) is 6.61 Å². The van der Waals surface area contributed by atoms with Gasteiger partial charge in [0.25, 0.3) is 0 Å². The fraction of sp³-hybridized carbons (Fsp3) is 0.958. The molecule has 0 bridgehead atoms. The summed E-state index contributed by atoms with van der Waals surface area (Å²) in [6.07, 6.45) is -0.0566. The molecule has 0 aliphatic heterocycles. The van der Waals surface area contributed by atoms with Gasteiger partial charge in [0.15, 0.2) is 16.6 Å². The molecule has 1 rings (SSSR count). The Kier molecular flexibility index (Phi) is 9.25. The molecule has 7 heteroatoms. The first-order chi connectivity index (χ1) is 13.7. The first-order valence-electron chi connectivity index (χ1n) is 12.0. The number of nitrogens with one attached hydrogen (secondary N) is 1. The topological polar surface area (TPSA) is 67.8 Å². The lowest BCUT2D eigenvalue weighted by Crippen LogP contribution is -2.62. The van der Waals surface area contributed by atoms with E-state index in [0.717, 1.165) is 6.42 Å². The van der Waals surface area contributed by atoms with Crippen molar-refractivity contribution in [1.82, 2.24) is 5.32 Å². The van der Waals surface area contributed by atoms with E-state index in [2.05, 4.69) is 86.9 Å². The monoisotopic (exact) mass is 473 g/mol. The lowest BCUT2D eigenvalue weighted by Gasteiger charge is -2.49. The van der Waals surface area contributed by atoms with Crippen molar-refractivity contribution in [3.05, 3.63) is 0 Å². The minimum Gasteiger partial charge on any atom is -0.417 e. The molecule has 5 nitrogen and oxygen atoms in total. The molecule has 0 heterocycles. The Labute approximate surface area is 194 Å². The number of carbonyl (C=O) groups excluding carboxylic acids is 1. The predicted molar refractivity (Wildman–Crippen MR) is 135 cm³/mol. The highest BCUT2D eigenvalue weighted by Gasteiger charge is 2.49. The van der Waals surface area contributed by atoms with Gasteiger partial charge in [0.05, 0.1) is 18.2 Å². The molecule has 2 N–H and O–H groups in total. The molecule has 1 saturated carbocycles. The molecule has 1 fully saturated rings. The van der Waals surface area contributed by atoms with E-state index in [1.807, 2.05) is 0 Å². The molecular weight excluding hydrogens is 422 g/mol. The van der Waals surface area contributed by atoms with Gasteiger partial charge in [-0.15, -0.1) is 0 Å². The Bertz CT molecular complexity index is 613. The van der Waals surface area contributed by atoms with Gasteiger partial charge in [0.2, 0.25) is 5.91 Å². The smallest absolute Gasteiger partial charge is 0.217 e. The van der Waals surface area contributed by atoms with Crippen molar-refractivity contribution < 1.29 is 18.8 Å². The molecule has 0 aromatic carbocycles. The Morgan fingerprint density at radius 3 is 2.03 bits per heavy atom. The van der Waals surface area contributed by atoms with E-state index in [1.165, 1.54) is 6.92 Å². The summed E-state index contributed by atoms with van der Waals surface area (Å²) in [7, 11) is -4.02. The lowest BCUT2D eigenvalue weighted by atomic mass is 9.74. The quantitative estimate of drug-likeness (QED) is 0.453. The highest BCUT2D eigenvalue weighted by Crippen LogP contribution is 2.46. The number of hydrogen-bond acceptors (Lipinski definition) is 4. The van der Waals surface area contributed by atoms with E-state index < -0.39 is 22.7 Å². The molecule has 0 radical (unpaired) electrons. The van der Waals surface area contributed by atoms with E-state index in [-0.39, 0.29) is 40.0 Å². The summed E-state index contributed by atoms with van der Waals surface area (Å²) in [5.74, 6) is 0.650. The Morgan fingerprint density at radius 2 is 1.61 bits per heavy atom. The van der Waals surface area contributed by atoms with Crippen LogP contribution in [0, 0.1) is 17.8 Å². The number of carbonyl (C=O) groups is 1. The molecule has 0 spiro atoms. The third kappa shape index (κ3) is 6.65. The zero-order chi connectivity index (χ0) is 24.6. The number of aliphatic hydroxyl groups is 1. The first kappa shape index (κ1) is 28.8. The molecule has 0 aromatic heterocycles. The number of rotatable bonds is 8. The Hall–Kier alpha value is -0.216. The van der Waals surface area contributed by atoms with Crippen LogP contribution in [0.2, 0.25) is 36.3 Å². The van der Waals surface area contributed by atoms with E-state index >= 15 is 0 Å². The van der Waals surface area contributed by atoms with Gasteiger partial charge >= 0.3 is 0 Å². The summed E-state index contributed by atoms with van der Waals surface area (Å²) in [6.45, 7) is 29.1. The SMILES string of the molecule is CC(=O)NC1C(O[Si](C)(C)C(C)(C)C)CC(CO[Si](C)(C)C(C)(C)C(C)C)C(C)C1O. The van der Waals surface area contributed by atoms with E-state index in [0.29, 0.717) is 12.5 Å². The molecular formula is C24H51NO4Si2. The molecule has 31 heavy (non-hydrogen) atoms. The zero-order valence-corrected chi connectivity index (χ0v) is 24.6. The van der Waals surface area contributed by atoms with Crippen LogP contribution in [0.15, 0.2) is 0 Å². The van der Waals surface area contributed by atoms with Crippen LogP contribution in [0.5, 0.6) is 0 Å². The van der Waals surface area contributed by atoms with Crippen molar-refractivity contribution in [1.29, 1.82) is 0 Å². The van der Waals surface area contributed by atoms with Crippen molar-refractivity contribution in [2.24, 2.45) is 17.8 Å². The second kappa shape index (κ2) is 9.96. The third-order valence-electron chi connectivity index (χ3n) is 8.86. The van der Waals surface area contributed by atoms with Crippen LogP contribution >= 0.6 is 0 Å². The van der Waals surface area contributed by atoms with Crippen LogP contribution in [0.25, 0.3) is 0 Å². The molecule has 1 aliphatic rings. The van der Waals surface area contributed by atoms with Crippen molar-refractivity contribution in [3.63, 3.8) is 0 Å². The standard InChI is InChI=1S/C24H51NO4Si2/c1-16(2)24(8,9)31(12,13)28-15-19-14-20(29-30(10,11)23(5,6)7)21(25-18(4)26)22(27)17(19)3/h16-17,19-22,27H,14-15H2,1-13H3,(H,25,26). The van der Waals surface area contributed by atoms with E-state index in [1.54, 1.807) is 0 Å². The lowest BCUT2D eigenvalue weighted by molar-refractivity contribution is -0.125. The Balaban J connectivity index is 3.10. The number of amides is 1. The van der Waals surface area contributed by atoms with Crippen LogP contribution in [0.1, 0.15) is 68.7 Å². The predicted octanol–water partition coefficient (Wildman–Crippen LogP) is 5.56. The molecule has 5 unspecified atom stereocenters. The molecule has 1 amide bonds. The summed E-state index contributed by atoms with van der Waals surface area (Å²) in [5.41, 5.74) is 0. The summed E-state index contributed by atoms with van der Waals surface area (Å²) in [5, 5.41) is 14.4. The highest BCUT2D eigenvalue weighted by molar-refractivity contribution is 6.74. The van der Waals surface area contributed by atoms with Crippen molar-refractivity contribution in [2.45, 2.75) is 123 Å². The summed E-state index contributed by atoms with van der Waals surface area (Å²) >= 11 is 0. The largest absolute Gasteiger partial charge is 0.417 e. The highest BCUT2D eigenvalue weighted by atomic mass is 28.4. The van der Waals surface area contributed by atoms with E-state index in [4.69, 9.17) is 8.85 Å². The van der Waals surface area contributed by atoms with Gasteiger partial charge in [-0.05, 0) is 60.4 Å². The fourth-order valence-corrected chi connectivity index (χ4v) is 7.74. The van der Waals surface area contributed by atoms with Gasteiger partial charge < -0.3 is 19.3 Å². The summed E-state index contributed by atoms with van der Waals surface area (Å²) in [6, 6.07) is -0.379. The Morgan fingerprint density at radius 1 is 1.10 bits per heavy atom. The minimum absolute atomic E-state index is 0.0306. The van der Waals surface area contributed by atoms with Crippen LogP contribution in [-0.4, -0.2) is 52.5 Å². The average Bonchev–Trinajstić information content (AvgIpc) is 2.58. The maximum absolute atomic E-state index is 11.9. The normalized spacial score (nSPS) is 28.7. The number of aliphatic hydroxyl groups excluding tert-OH is 1. The maximum atomic E-state index is 11.9. The minimum atomic E-state index is -2.07. The molecule has 0 saturated heterocycles. The van der Waals surface area contributed by atoms with Crippen LogP contribution in [-0.2, 0) is 13.6 Å². The maximum Gasteiger partial charge on any atom is 0.217 e. The fourth-order valence-electron chi connectivity index (χ4n) is 3.99. The first-order valence-corrected chi connectivity index (χ1v) is 17.8. The summed E-state index contributed by atoms with van der Waals surface area (Å²) < 4.78 is 13.4. The third-order valence-corrected chi connectivity index (χ3v) is 17.9. The number of hydrogen-bond donors (Lipinski definition) is 2. The molecule has 0 aromatic rings. The van der Waals surface area contributed by atoms with Crippen LogP contribution in [0.3, 0.4) is 0 Å². The molecule has 1 aliphatic carbocycles. The van der Waals surface area contributed by atoms with Gasteiger partial charge in [0.1, 0.15) is 0 Å². The van der Waals surface area contributed by atoms with Gasteiger partial charge in [0, 0.05) is 13.5 Å².